The van der Waals surface area contributed by atoms with Crippen molar-refractivity contribution in [3.8, 4) is 0 Å². The molecule has 4 rings (SSSR count). The molecule has 0 aromatic heterocycles. The van der Waals surface area contributed by atoms with Crippen LogP contribution in [-0.4, -0.2) is 34.0 Å². The third-order valence-electron chi connectivity index (χ3n) is 8.40. The second-order valence-corrected chi connectivity index (χ2v) is 9.33. The van der Waals surface area contributed by atoms with Crippen molar-refractivity contribution in [2.75, 3.05) is 6.61 Å². The standard InChI is InChI=1S/C23H30O4/c1-4-14-12-19-17-6-5-15-11-16(25)7-9-21(15,2)18(17)8-10-22(19,3)23(14,27)20(26)13-24/h7-9,11,14,17,19,24,27H,4-6,10,12-13H2,1-3H3/t14-,17-,19+,21+,22+,23+/m1/s1. The van der Waals surface area contributed by atoms with Crippen LogP contribution in [0.1, 0.15) is 52.9 Å². The van der Waals surface area contributed by atoms with E-state index in [1.807, 2.05) is 19.9 Å². The molecule has 2 fully saturated rings. The number of carbonyl (C=O) groups is 2. The topological polar surface area (TPSA) is 74.6 Å². The SMILES string of the molecule is CC[C@@H]1C[C@H]2[C@@H]3CCC4=CC(=O)C=C[C@]4(C)C3=CC[C@]2(C)[C@@]1(O)C(=O)CO. The van der Waals surface area contributed by atoms with Crippen LogP contribution < -0.4 is 0 Å². The first kappa shape index (κ1) is 18.8. The molecular formula is C23H30O4. The number of ketones is 2. The minimum absolute atomic E-state index is 0.0667. The van der Waals surface area contributed by atoms with Crippen LogP contribution in [0, 0.1) is 28.6 Å². The zero-order chi connectivity index (χ0) is 19.6. The van der Waals surface area contributed by atoms with E-state index in [1.54, 1.807) is 12.2 Å². The summed E-state index contributed by atoms with van der Waals surface area (Å²) in [5.74, 6) is 0.0396. The molecule has 0 amide bonds. The van der Waals surface area contributed by atoms with Crippen molar-refractivity contribution < 1.29 is 19.8 Å². The molecule has 4 heteroatoms. The average Bonchev–Trinajstić information content (AvgIpc) is 2.90. The van der Waals surface area contributed by atoms with Gasteiger partial charge in [0, 0.05) is 10.8 Å². The number of allylic oxidation sites excluding steroid dienone is 6. The van der Waals surface area contributed by atoms with Gasteiger partial charge in [0.1, 0.15) is 12.2 Å². The number of hydrogen-bond donors (Lipinski definition) is 2. The van der Waals surface area contributed by atoms with Gasteiger partial charge in [-0.25, -0.2) is 0 Å². The van der Waals surface area contributed by atoms with Crippen LogP contribution in [0.5, 0.6) is 0 Å². The van der Waals surface area contributed by atoms with Crippen molar-refractivity contribution in [1.29, 1.82) is 0 Å². The van der Waals surface area contributed by atoms with Gasteiger partial charge in [-0.15, -0.1) is 0 Å². The molecule has 2 saturated carbocycles. The van der Waals surface area contributed by atoms with Crippen LogP contribution in [0.3, 0.4) is 0 Å². The highest BCUT2D eigenvalue weighted by Gasteiger charge is 2.67. The summed E-state index contributed by atoms with van der Waals surface area (Å²) >= 11 is 0. The van der Waals surface area contributed by atoms with E-state index in [-0.39, 0.29) is 23.0 Å². The van der Waals surface area contributed by atoms with Crippen molar-refractivity contribution in [1.82, 2.24) is 0 Å². The van der Waals surface area contributed by atoms with Gasteiger partial charge < -0.3 is 10.2 Å². The number of Topliss-reactive ketones (excluding diaryl/α,β-unsaturated/α-hetero) is 1. The van der Waals surface area contributed by atoms with Gasteiger partial charge in [-0.3, -0.25) is 9.59 Å². The van der Waals surface area contributed by atoms with Crippen molar-refractivity contribution in [3.63, 3.8) is 0 Å². The van der Waals surface area contributed by atoms with Gasteiger partial charge in [0.05, 0.1) is 0 Å². The molecule has 6 atom stereocenters. The van der Waals surface area contributed by atoms with E-state index < -0.39 is 23.4 Å². The molecule has 0 spiro atoms. The molecule has 0 aromatic carbocycles. The molecule has 0 aromatic rings. The Balaban J connectivity index is 1.80. The summed E-state index contributed by atoms with van der Waals surface area (Å²) in [4.78, 5) is 24.5. The summed E-state index contributed by atoms with van der Waals surface area (Å²) < 4.78 is 0. The third kappa shape index (κ3) is 2.23. The van der Waals surface area contributed by atoms with Crippen LogP contribution in [0.15, 0.2) is 35.5 Å². The molecule has 4 aliphatic rings. The fourth-order valence-electron chi connectivity index (χ4n) is 6.82. The smallest absolute Gasteiger partial charge is 0.190 e. The Labute approximate surface area is 161 Å². The highest BCUT2D eigenvalue weighted by Crippen LogP contribution is 2.66. The zero-order valence-electron chi connectivity index (χ0n) is 16.5. The lowest BCUT2D eigenvalue weighted by Crippen LogP contribution is -2.57. The molecule has 27 heavy (non-hydrogen) atoms. The minimum Gasteiger partial charge on any atom is -0.388 e. The maximum Gasteiger partial charge on any atom is 0.190 e. The van der Waals surface area contributed by atoms with Gasteiger partial charge in [-0.2, -0.15) is 0 Å². The quantitative estimate of drug-likeness (QED) is 0.749. The van der Waals surface area contributed by atoms with Gasteiger partial charge in [0.25, 0.3) is 0 Å². The zero-order valence-corrected chi connectivity index (χ0v) is 16.5. The second kappa shape index (κ2) is 5.99. The average molecular weight is 370 g/mol. The molecule has 4 nitrogen and oxygen atoms in total. The number of aliphatic hydroxyl groups excluding tert-OH is 1. The van der Waals surface area contributed by atoms with E-state index in [9.17, 15) is 19.8 Å². The van der Waals surface area contributed by atoms with Gasteiger partial charge in [-0.1, -0.05) is 43.6 Å². The highest BCUT2D eigenvalue weighted by molar-refractivity contribution is 6.01. The first-order valence-corrected chi connectivity index (χ1v) is 10.2. The first-order chi connectivity index (χ1) is 12.7. The maximum atomic E-state index is 12.7. The number of hydrogen-bond acceptors (Lipinski definition) is 4. The summed E-state index contributed by atoms with van der Waals surface area (Å²) in [7, 11) is 0. The molecule has 0 unspecified atom stereocenters. The number of rotatable bonds is 3. The lowest BCUT2D eigenvalue weighted by molar-refractivity contribution is -0.162. The monoisotopic (exact) mass is 370 g/mol. The van der Waals surface area contributed by atoms with Gasteiger partial charge >= 0.3 is 0 Å². The van der Waals surface area contributed by atoms with E-state index in [0.717, 1.165) is 25.7 Å². The van der Waals surface area contributed by atoms with E-state index >= 15 is 0 Å². The molecule has 4 aliphatic carbocycles. The first-order valence-electron chi connectivity index (χ1n) is 10.2. The fraction of sp³-hybridized carbons (Fsp3) is 0.652. The molecule has 0 heterocycles. The van der Waals surface area contributed by atoms with Crippen molar-refractivity contribution in [2.45, 2.75) is 58.5 Å². The molecule has 0 saturated heterocycles. The summed E-state index contributed by atoms with van der Waals surface area (Å²) in [6, 6.07) is 0. The maximum absolute atomic E-state index is 12.7. The Morgan fingerprint density at radius 1 is 1.33 bits per heavy atom. The van der Waals surface area contributed by atoms with Crippen LogP contribution in [0.2, 0.25) is 0 Å². The van der Waals surface area contributed by atoms with Crippen molar-refractivity contribution >= 4 is 11.6 Å². The van der Waals surface area contributed by atoms with E-state index in [4.69, 9.17) is 0 Å². The Hall–Kier alpha value is -1.52. The lowest BCUT2D eigenvalue weighted by atomic mass is 9.51. The summed E-state index contributed by atoms with van der Waals surface area (Å²) in [6.45, 7) is 5.65. The summed E-state index contributed by atoms with van der Waals surface area (Å²) in [5.41, 5.74) is 0.308. The molecule has 0 bridgehead atoms. The predicted octanol–water partition coefficient (Wildman–Crippen LogP) is 3.14. The van der Waals surface area contributed by atoms with E-state index in [1.165, 1.54) is 11.1 Å². The Morgan fingerprint density at radius 3 is 2.74 bits per heavy atom. The molecule has 0 radical (unpaired) electrons. The van der Waals surface area contributed by atoms with Crippen molar-refractivity contribution in [3.05, 3.63) is 35.5 Å². The summed E-state index contributed by atoms with van der Waals surface area (Å²) in [6.07, 6.45) is 11.7. The normalized spacial score (nSPS) is 45.5. The molecular weight excluding hydrogens is 340 g/mol. The van der Waals surface area contributed by atoms with Crippen LogP contribution >= 0.6 is 0 Å². The fourth-order valence-corrected chi connectivity index (χ4v) is 6.82. The Kier molecular flexibility index (Phi) is 4.17. The van der Waals surface area contributed by atoms with E-state index in [0.29, 0.717) is 12.3 Å². The van der Waals surface area contributed by atoms with Gasteiger partial charge in [0.2, 0.25) is 0 Å². The Morgan fingerprint density at radius 2 is 2.07 bits per heavy atom. The third-order valence-corrected chi connectivity index (χ3v) is 8.40. The van der Waals surface area contributed by atoms with Crippen LogP contribution in [0.4, 0.5) is 0 Å². The molecule has 0 aliphatic heterocycles. The summed E-state index contributed by atoms with van der Waals surface area (Å²) in [5, 5.41) is 21.1. The van der Waals surface area contributed by atoms with Crippen molar-refractivity contribution in [2.24, 2.45) is 28.6 Å². The van der Waals surface area contributed by atoms with E-state index in [2.05, 4.69) is 13.0 Å². The predicted molar refractivity (Wildman–Crippen MR) is 103 cm³/mol. The second-order valence-electron chi connectivity index (χ2n) is 9.33. The molecule has 146 valence electrons. The minimum atomic E-state index is -1.46. The van der Waals surface area contributed by atoms with Gasteiger partial charge in [-0.05, 0) is 62.5 Å². The highest BCUT2D eigenvalue weighted by atomic mass is 16.3. The number of carbonyl (C=O) groups excluding carboxylic acids is 2. The molecule has 2 N–H and O–H groups in total. The lowest BCUT2D eigenvalue weighted by Gasteiger charge is -2.53. The van der Waals surface area contributed by atoms with Crippen LogP contribution in [-0.2, 0) is 9.59 Å². The largest absolute Gasteiger partial charge is 0.388 e. The Bertz CT molecular complexity index is 790. The number of fused-ring (bicyclic) bond motifs is 5. The van der Waals surface area contributed by atoms with Crippen LogP contribution in [0.25, 0.3) is 0 Å². The number of aliphatic hydroxyl groups is 2. The van der Waals surface area contributed by atoms with Gasteiger partial charge in [0.15, 0.2) is 11.6 Å².